The standard InChI is InChI=1S/C10H18O2/c11-5-1-2-9-7-3-4-8(6-7)10(9)12/h7-12H,1-6H2/t7-,8+,9+,10-/m0/s1. The van der Waals surface area contributed by atoms with Crippen molar-refractivity contribution in [2.45, 2.75) is 38.2 Å². The maximum Gasteiger partial charge on any atom is 0.0599 e. The molecule has 0 saturated heterocycles. The second kappa shape index (κ2) is 3.35. The minimum absolute atomic E-state index is 0.0460. The monoisotopic (exact) mass is 170 g/mol. The fourth-order valence-corrected chi connectivity index (χ4v) is 3.11. The Balaban J connectivity index is 1.89. The Bertz CT molecular complexity index is 156. The maximum absolute atomic E-state index is 9.82. The highest BCUT2D eigenvalue weighted by molar-refractivity contribution is 4.96. The van der Waals surface area contributed by atoms with Crippen LogP contribution < -0.4 is 0 Å². The minimum Gasteiger partial charge on any atom is -0.396 e. The van der Waals surface area contributed by atoms with Crippen molar-refractivity contribution >= 4 is 0 Å². The fraction of sp³-hybridized carbons (Fsp3) is 1.00. The van der Waals surface area contributed by atoms with Gasteiger partial charge in [-0.05, 0) is 49.9 Å². The summed E-state index contributed by atoms with van der Waals surface area (Å²) in [7, 11) is 0. The summed E-state index contributed by atoms with van der Waals surface area (Å²) in [5.41, 5.74) is 0. The summed E-state index contributed by atoms with van der Waals surface area (Å²) in [6, 6.07) is 0. The molecule has 0 amide bonds. The highest BCUT2D eigenvalue weighted by Gasteiger charge is 2.45. The summed E-state index contributed by atoms with van der Waals surface area (Å²) < 4.78 is 0. The number of aliphatic hydroxyl groups is 2. The molecule has 2 saturated carbocycles. The molecule has 2 bridgehead atoms. The van der Waals surface area contributed by atoms with Crippen molar-refractivity contribution in [3.63, 3.8) is 0 Å². The van der Waals surface area contributed by atoms with Crippen LogP contribution in [0.1, 0.15) is 32.1 Å². The lowest BCUT2D eigenvalue weighted by Gasteiger charge is -2.26. The van der Waals surface area contributed by atoms with Crippen LogP contribution in [-0.2, 0) is 0 Å². The van der Waals surface area contributed by atoms with E-state index in [0.717, 1.165) is 18.8 Å². The van der Waals surface area contributed by atoms with E-state index in [1.165, 1.54) is 19.3 Å². The molecule has 2 rings (SSSR count). The normalized spacial score (nSPS) is 45.5. The van der Waals surface area contributed by atoms with E-state index in [2.05, 4.69) is 0 Å². The van der Waals surface area contributed by atoms with Gasteiger partial charge in [0.2, 0.25) is 0 Å². The van der Waals surface area contributed by atoms with Crippen LogP contribution in [0.15, 0.2) is 0 Å². The summed E-state index contributed by atoms with van der Waals surface area (Å²) in [5, 5.41) is 18.5. The molecule has 2 nitrogen and oxygen atoms in total. The average Bonchev–Trinajstić information content (AvgIpc) is 2.62. The van der Waals surface area contributed by atoms with Gasteiger partial charge in [-0.1, -0.05) is 0 Å². The number of rotatable bonds is 3. The maximum atomic E-state index is 9.82. The van der Waals surface area contributed by atoms with Crippen LogP contribution in [0, 0.1) is 17.8 Å². The lowest BCUT2D eigenvalue weighted by molar-refractivity contribution is 0.0513. The SMILES string of the molecule is OCCC[C@@H]1[C@H]2CC[C@H](C2)[C@@H]1O. The van der Waals surface area contributed by atoms with Crippen molar-refractivity contribution in [1.82, 2.24) is 0 Å². The highest BCUT2D eigenvalue weighted by atomic mass is 16.3. The predicted molar refractivity (Wildman–Crippen MR) is 46.6 cm³/mol. The van der Waals surface area contributed by atoms with Crippen LogP contribution in [0.3, 0.4) is 0 Å². The van der Waals surface area contributed by atoms with Crippen molar-refractivity contribution in [2.24, 2.45) is 17.8 Å². The molecule has 2 aliphatic carbocycles. The molecule has 0 aliphatic heterocycles. The Morgan fingerprint density at radius 3 is 2.50 bits per heavy atom. The van der Waals surface area contributed by atoms with Gasteiger partial charge in [-0.15, -0.1) is 0 Å². The molecule has 0 spiro atoms. The first kappa shape index (κ1) is 8.52. The van der Waals surface area contributed by atoms with E-state index >= 15 is 0 Å². The lowest BCUT2D eigenvalue weighted by Crippen LogP contribution is -2.27. The van der Waals surface area contributed by atoms with E-state index < -0.39 is 0 Å². The second-order valence-corrected chi connectivity index (χ2v) is 4.35. The van der Waals surface area contributed by atoms with Gasteiger partial charge in [0.25, 0.3) is 0 Å². The van der Waals surface area contributed by atoms with Gasteiger partial charge in [0.05, 0.1) is 6.10 Å². The molecule has 4 atom stereocenters. The molecule has 0 aromatic rings. The first-order valence-electron chi connectivity index (χ1n) is 5.12. The van der Waals surface area contributed by atoms with E-state index in [1.54, 1.807) is 0 Å². The van der Waals surface area contributed by atoms with Gasteiger partial charge in [-0.2, -0.15) is 0 Å². The Morgan fingerprint density at radius 1 is 1.17 bits per heavy atom. The number of aliphatic hydroxyl groups excluding tert-OH is 2. The molecule has 12 heavy (non-hydrogen) atoms. The third-order valence-corrected chi connectivity index (χ3v) is 3.74. The predicted octanol–water partition coefficient (Wildman–Crippen LogP) is 1.17. The third kappa shape index (κ3) is 1.27. The van der Waals surface area contributed by atoms with Crippen LogP contribution in [0.25, 0.3) is 0 Å². The second-order valence-electron chi connectivity index (χ2n) is 4.35. The molecule has 2 fully saturated rings. The molecule has 0 radical (unpaired) electrons. The summed E-state index contributed by atoms with van der Waals surface area (Å²) in [4.78, 5) is 0. The number of hydrogen-bond donors (Lipinski definition) is 2. The zero-order valence-corrected chi connectivity index (χ0v) is 7.45. The van der Waals surface area contributed by atoms with Gasteiger partial charge in [0.15, 0.2) is 0 Å². The van der Waals surface area contributed by atoms with Gasteiger partial charge < -0.3 is 10.2 Å². The smallest absolute Gasteiger partial charge is 0.0599 e. The fourth-order valence-electron chi connectivity index (χ4n) is 3.11. The number of fused-ring (bicyclic) bond motifs is 2. The molecular weight excluding hydrogens is 152 g/mol. The molecule has 2 N–H and O–H groups in total. The van der Waals surface area contributed by atoms with Gasteiger partial charge in [-0.25, -0.2) is 0 Å². The van der Waals surface area contributed by atoms with Crippen molar-refractivity contribution in [2.75, 3.05) is 6.61 Å². The van der Waals surface area contributed by atoms with Crippen molar-refractivity contribution in [1.29, 1.82) is 0 Å². The van der Waals surface area contributed by atoms with Crippen LogP contribution in [0.4, 0.5) is 0 Å². The largest absolute Gasteiger partial charge is 0.396 e. The van der Waals surface area contributed by atoms with Gasteiger partial charge >= 0.3 is 0 Å². The van der Waals surface area contributed by atoms with Gasteiger partial charge in [-0.3, -0.25) is 0 Å². The first-order valence-corrected chi connectivity index (χ1v) is 5.12. The summed E-state index contributed by atoms with van der Waals surface area (Å²) in [6.07, 6.45) is 5.65. The zero-order chi connectivity index (χ0) is 8.55. The Kier molecular flexibility index (Phi) is 2.37. The number of hydrogen-bond acceptors (Lipinski definition) is 2. The van der Waals surface area contributed by atoms with Gasteiger partial charge in [0, 0.05) is 6.61 Å². The van der Waals surface area contributed by atoms with E-state index in [0.29, 0.717) is 11.8 Å². The van der Waals surface area contributed by atoms with Crippen LogP contribution in [-0.4, -0.2) is 22.9 Å². The van der Waals surface area contributed by atoms with Crippen LogP contribution >= 0.6 is 0 Å². The van der Waals surface area contributed by atoms with E-state index in [1.807, 2.05) is 0 Å². The Hall–Kier alpha value is -0.0800. The van der Waals surface area contributed by atoms with Gasteiger partial charge in [0.1, 0.15) is 0 Å². The minimum atomic E-state index is -0.0460. The molecular formula is C10H18O2. The Labute approximate surface area is 73.6 Å². The highest BCUT2D eigenvalue weighted by Crippen LogP contribution is 2.49. The third-order valence-electron chi connectivity index (χ3n) is 3.74. The summed E-state index contributed by atoms with van der Waals surface area (Å²) >= 11 is 0. The Morgan fingerprint density at radius 2 is 1.92 bits per heavy atom. The quantitative estimate of drug-likeness (QED) is 0.667. The van der Waals surface area contributed by atoms with Crippen LogP contribution in [0.2, 0.25) is 0 Å². The molecule has 0 heterocycles. The topological polar surface area (TPSA) is 40.5 Å². The zero-order valence-electron chi connectivity index (χ0n) is 7.45. The molecule has 0 aromatic heterocycles. The molecule has 70 valence electrons. The van der Waals surface area contributed by atoms with Crippen molar-refractivity contribution in [3.8, 4) is 0 Å². The summed E-state index contributed by atoms with van der Waals surface area (Å²) in [6.45, 7) is 0.278. The first-order chi connectivity index (χ1) is 5.83. The van der Waals surface area contributed by atoms with E-state index in [9.17, 15) is 5.11 Å². The summed E-state index contributed by atoms with van der Waals surface area (Å²) in [5.74, 6) is 1.88. The average molecular weight is 170 g/mol. The van der Waals surface area contributed by atoms with Crippen LogP contribution in [0.5, 0.6) is 0 Å². The van der Waals surface area contributed by atoms with E-state index in [4.69, 9.17) is 5.11 Å². The molecule has 0 unspecified atom stereocenters. The van der Waals surface area contributed by atoms with Crippen molar-refractivity contribution < 1.29 is 10.2 Å². The molecule has 0 aromatic carbocycles. The molecule has 2 aliphatic rings. The van der Waals surface area contributed by atoms with Crippen molar-refractivity contribution in [3.05, 3.63) is 0 Å². The molecule has 2 heteroatoms. The van der Waals surface area contributed by atoms with E-state index in [-0.39, 0.29) is 12.7 Å². The lowest BCUT2D eigenvalue weighted by atomic mass is 9.83.